The Morgan fingerprint density at radius 2 is 2.00 bits per heavy atom. The lowest BCUT2D eigenvalue weighted by molar-refractivity contribution is -0.136. The predicted octanol–water partition coefficient (Wildman–Crippen LogP) is 1.83. The minimum atomic E-state index is -0.945. The second-order valence-corrected chi connectivity index (χ2v) is 4.54. The Labute approximate surface area is 122 Å². The summed E-state index contributed by atoms with van der Waals surface area (Å²) >= 11 is 5.75. The highest BCUT2D eigenvalue weighted by atomic mass is 35.5. The Morgan fingerprint density at radius 1 is 1.35 bits per heavy atom. The summed E-state index contributed by atoms with van der Waals surface area (Å²) in [6.07, 6.45) is -0.0964. The number of halogens is 1. The number of aliphatic carboxylic acids is 1. The molecule has 0 aliphatic heterocycles. The van der Waals surface area contributed by atoms with Gasteiger partial charge in [0.25, 0.3) is 0 Å². The fourth-order valence-electron chi connectivity index (χ4n) is 1.34. The second kappa shape index (κ2) is 8.27. The molecule has 20 heavy (non-hydrogen) atoms. The summed E-state index contributed by atoms with van der Waals surface area (Å²) < 4.78 is 5.45. The van der Waals surface area contributed by atoms with E-state index in [1.165, 1.54) is 4.90 Å². The quantitative estimate of drug-likeness (QED) is 0.805. The van der Waals surface area contributed by atoms with Gasteiger partial charge in [-0.15, -0.1) is 0 Å². The maximum absolute atomic E-state index is 11.6. The van der Waals surface area contributed by atoms with Crippen molar-refractivity contribution in [1.82, 2.24) is 10.2 Å². The molecular formula is C13H17ClN2O4. The first-order valence-corrected chi connectivity index (χ1v) is 6.46. The van der Waals surface area contributed by atoms with Gasteiger partial charge in [-0.25, -0.2) is 4.79 Å². The first-order valence-electron chi connectivity index (χ1n) is 6.08. The molecule has 7 heteroatoms. The van der Waals surface area contributed by atoms with Crippen molar-refractivity contribution in [2.45, 2.75) is 6.42 Å². The summed E-state index contributed by atoms with van der Waals surface area (Å²) in [6.45, 7) is 0.836. The van der Waals surface area contributed by atoms with E-state index in [0.717, 1.165) is 0 Å². The lowest BCUT2D eigenvalue weighted by atomic mass is 10.3. The number of hydrogen-bond acceptors (Lipinski definition) is 3. The molecule has 1 rings (SSSR count). The lowest BCUT2D eigenvalue weighted by Crippen LogP contribution is -2.40. The number of likely N-dealkylation sites (N-methyl/N-ethyl adjacent to an activating group) is 1. The van der Waals surface area contributed by atoms with Gasteiger partial charge in [-0.05, 0) is 24.3 Å². The summed E-state index contributed by atoms with van der Waals surface area (Å²) in [4.78, 5) is 23.3. The normalized spacial score (nSPS) is 9.90. The van der Waals surface area contributed by atoms with E-state index >= 15 is 0 Å². The number of benzene rings is 1. The Kier molecular flexibility index (Phi) is 6.66. The largest absolute Gasteiger partial charge is 0.492 e. The summed E-state index contributed by atoms with van der Waals surface area (Å²) in [7, 11) is 1.61. The fraction of sp³-hybridized carbons (Fsp3) is 0.385. The summed E-state index contributed by atoms with van der Waals surface area (Å²) in [6, 6.07) is 6.61. The molecule has 0 radical (unpaired) electrons. The number of hydrogen-bond donors (Lipinski definition) is 2. The van der Waals surface area contributed by atoms with Gasteiger partial charge in [0.15, 0.2) is 0 Å². The Morgan fingerprint density at radius 3 is 2.60 bits per heavy atom. The highest BCUT2D eigenvalue weighted by molar-refractivity contribution is 6.30. The third kappa shape index (κ3) is 6.29. The zero-order valence-electron chi connectivity index (χ0n) is 11.1. The average Bonchev–Trinajstić information content (AvgIpc) is 2.40. The van der Waals surface area contributed by atoms with Crippen LogP contribution in [0, 0.1) is 0 Å². The van der Waals surface area contributed by atoms with Crippen molar-refractivity contribution in [3.8, 4) is 5.75 Å². The average molecular weight is 301 g/mol. The highest BCUT2D eigenvalue weighted by Gasteiger charge is 2.08. The minimum Gasteiger partial charge on any atom is -0.492 e. The van der Waals surface area contributed by atoms with Crippen LogP contribution < -0.4 is 10.1 Å². The molecule has 0 bridgehead atoms. The van der Waals surface area contributed by atoms with E-state index in [-0.39, 0.29) is 19.0 Å². The molecule has 0 unspecified atom stereocenters. The summed E-state index contributed by atoms with van der Waals surface area (Å²) in [5, 5.41) is 11.6. The molecule has 0 aliphatic carbocycles. The van der Waals surface area contributed by atoms with Crippen molar-refractivity contribution in [1.29, 1.82) is 0 Å². The minimum absolute atomic E-state index is 0.0964. The van der Waals surface area contributed by atoms with Gasteiger partial charge in [0.05, 0.1) is 13.0 Å². The third-order valence-corrected chi connectivity index (χ3v) is 2.72. The SMILES string of the molecule is CN(CCOc1ccc(Cl)cc1)C(=O)NCCC(=O)O. The van der Waals surface area contributed by atoms with Gasteiger partial charge in [-0.1, -0.05) is 11.6 Å². The molecule has 1 aromatic carbocycles. The monoisotopic (exact) mass is 300 g/mol. The predicted molar refractivity (Wildman–Crippen MR) is 75.2 cm³/mol. The van der Waals surface area contributed by atoms with E-state index in [1.54, 1.807) is 31.3 Å². The Hall–Kier alpha value is -1.95. The van der Waals surface area contributed by atoms with Gasteiger partial charge < -0.3 is 20.1 Å². The first-order chi connectivity index (χ1) is 9.49. The van der Waals surface area contributed by atoms with Gasteiger partial charge in [-0.2, -0.15) is 0 Å². The van der Waals surface area contributed by atoms with Crippen molar-refractivity contribution in [3.05, 3.63) is 29.3 Å². The van der Waals surface area contributed by atoms with Crippen LogP contribution in [0.2, 0.25) is 5.02 Å². The Balaban J connectivity index is 2.21. The van der Waals surface area contributed by atoms with Gasteiger partial charge in [-0.3, -0.25) is 4.79 Å². The van der Waals surface area contributed by atoms with Crippen LogP contribution in [-0.4, -0.2) is 48.8 Å². The molecule has 0 heterocycles. The number of carboxylic acids is 1. The zero-order valence-corrected chi connectivity index (χ0v) is 11.9. The summed E-state index contributed by atoms with van der Waals surface area (Å²) in [5.41, 5.74) is 0. The molecule has 0 fully saturated rings. The molecule has 110 valence electrons. The number of ether oxygens (including phenoxy) is 1. The molecule has 0 aliphatic rings. The van der Waals surface area contributed by atoms with E-state index in [1.807, 2.05) is 0 Å². The number of rotatable bonds is 7. The number of urea groups is 1. The van der Waals surface area contributed by atoms with Crippen molar-refractivity contribution >= 4 is 23.6 Å². The number of carboxylic acid groups (broad SMARTS) is 1. The van der Waals surface area contributed by atoms with Gasteiger partial charge in [0.1, 0.15) is 12.4 Å². The molecule has 1 aromatic rings. The molecular weight excluding hydrogens is 284 g/mol. The van der Waals surface area contributed by atoms with E-state index < -0.39 is 5.97 Å². The van der Waals surface area contributed by atoms with Crippen LogP contribution in [-0.2, 0) is 4.79 Å². The lowest BCUT2D eigenvalue weighted by Gasteiger charge is -2.18. The molecule has 0 spiro atoms. The molecule has 0 saturated carbocycles. The smallest absolute Gasteiger partial charge is 0.317 e. The van der Waals surface area contributed by atoms with Gasteiger partial charge >= 0.3 is 12.0 Å². The highest BCUT2D eigenvalue weighted by Crippen LogP contribution is 2.15. The van der Waals surface area contributed by atoms with Crippen molar-refractivity contribution in [2.24, 2.45) is 0 Å². The molecule has 2 amide bonds. The van der Waals surface area contributed by atoms with E-state index in [9.17, 15) is 9.59 Å². The van der Waals surface area contributed by atoms with Crippen LogP contribution >= 0.6 is 11.6 Å². The topological polar surface area (TPSA) is 78.9 Å². The van der Waals surface area contributed by atoms with Crippen LogP contribution in [0.25, 0.3) is 0 Å². The van der Waals surface area contributed by atoms with Gasteiger partial charge in [0.2, 0.25) is 0 Å². The molecule has 0 saturated heterocycles. The van der Waals surface area contributed by atoms with Crippen molar-refractivity contribution < 1.29 is 19.4 Å². The fourth-order valence-corrected chi connectivity index (χ4v) is 1.47. The number of carbonyl (C=O) groups excluding carboxylic acids is 1. The maximum Gasteiger partial charge on any atom is 0.317 e. The zero-order chi connectivity index (χ0) is 15.0. The molecule has 2 N–H and O–H groups in total. The number of amides is 2. The standard InChI is InChI=1S/C13H17ClN2O4/c1-16(13(19)15-7-6-12(17)18)8-9-20-11-4-2-10(14)3-5-11/h2-5H,6-9H2,1H3,(H,15,19)(H,17,18). The second-order valence-electron chi connectivity index (χ2n) is 4.10. The van der Waals surface area contributed by atoms with E-state index in [4.69, 9.17) is 21.4 Å². The van der Waals surface area contributed by atoms with Crippen LogP contribution in [0.3, 0.4) is 0 Å². The van der Waals surface area contributed by atoms with Crippen molar-refractivity contribution in [3.63, 3.8) is 0 Å². The maximum atomic E-state index is 11.6. The molecule has 0 aromatic heterocycles. The van der Waals surface area contributed by atoms with E-state index in [2.05, 4.69) is 5.32 Å². The van der Waals surface area contributed by atoms with Crippen molar-refractivity contribution in [2.75, 3.05) is 26.7 Å². The molecule has 0 atom stereocenters. The number of nitrogens with zero attached hydrogens (tertiary/aromatic N) is 1. The van der Waals surface area contributed by atoms with E-state index in [0.29, 0.717) is 23.9 Å². The number of carbonyl (C=O) groups is 2. The van der Waals surface area contributed by atoms with Crippen LogP contribution in [0.1, 0.15) is 6.42 Å². The Bertz CT molecular complexity index is 450. The third-order valence-electron chi connectivity index (χ3n) is 2.47. The first kappa shape index (κ1) is 16.1. The van der Waals surface area contributed by atoms with Crippen LogP contribution in [0.15, 0.2) is 24.3 Å². The van der Waals surface area contributed by atoms with Crippen LogP contribution in [0.4, 0.5) is 4.79 Å². The van der Waals surface area contributed by atoms with Crippen LogP contribution in [0.5, 0.6) is 5.75 Å². The number of nitrogens with one attached hydrogen (secondary N) is 1. The van der Waals surface area contributed by atoms with Gasteiger partial charge in [0, 0.05) is 18.6 Å². The summed E-state index contributed by atoms with van der Waals surface area (Å²) in [5.74, 6) is -0.270. The molecule has 6 nitrogen and oxygen atoms in total.